The number of carbonyl (C=O) groups is 2. The quantitative estimate of drug-likeness (QED) is 0.795. The molecule has 1 aliphatic heterocycles. The van der Waals surface area contributed by atoms with Gasteiger partial charge in [0.05, 0.1) is 13.2 Å². The van der Waals surface area contributed by atoms with Gasteiger partial charge in [0.15, 0.2) is 10.4 Å². The van der Waals surface area contributed by atoms with Crippen molar-refractivity contribution in [3.8, 4) is 0 Å². The SMILES string of the molecule is O=C(N/C(=C/c1ccccc1)C(=O)N1CCOCC1)c1ccc(Br)o1. The lowest BCUT2D eigenvalue weighted by molar-refractivity contribution is -0.131. The normalized spacial score (nSPS) is 15.1. The average molecular weight is 405 g/mol. The van der Waals surface area contributed by atoms with Crippen molar-refractivity contribution in [2.45, 2.75) is 0 Å². The van der Waals surface area contributed by atoms with E-state index in [9.17, 15) is 9.59 Å². The van der Waals surface area contributed by atoms with Gasteiger partial charge in [0.2, 0.25) is 0 Å². The van der Waals surface area contributed by atoms with Crippen LogP contribution in [0.25, 0.3) is 6.08 Å². The van der Waals surface area contributed by atoms with Crippen LogP contribution in [0.4, 0.5) is 0 Å². The first-order chi connectivity index (χ1) is 12.1. The highest BCUT2D eigenvalue weighted by Gasteiger charge is 2.23. The molecule has 3 rings (SSSR count). The van der Waals surface area contributed by atoms with E-state index < -0.39 is 5.91 Å². The number of furan rings is 1. The number of rotatable bonds is 4. The summed E-state index contributed by atoms with van der Waals surface area (Å²) in [6.45, 7) is 1.97. The van der Waals surface area contributed by atoms with E-state index in [0.717, 1.165) is 5.56 Å². The number of hydrogen-bond acceptors (Lipinski definition) is 4. The number of carbonyl (C=O) groups excluding carboxylic acids is 2. The van der Waals surface area contributed by atoms with Crippen LogP contribution in [0.15, 0.2) is 57.2 Å². The Hall–Kier alpha value is -2.38. The van der Waals surface area contributed by atoms with Gasteiger partial charge in [-0.2, -0.15) is 0 Å². The van der Waals surface area contributed by atoms with Crippen molar-refractivity contribution < 1.29 is 18.7 Å². The molecule has 0 aliphatic carbocycles. The zero-order chi connectivity index (χ0) is 17.6. The molecule has 0 saturated carbocycles. The Morgan fingerprint density at radius 1 is 1.08 bits per heavy atom. The van der Waals surface area contributed by atoms with Crippen LogP contribution in [0, 0.1) is 0 Å². The van der Waals surface area contributed by atoms with E-state index in [1.165, 1.54) is 0 Å². The molecule has 0 atom stereocenters. The van der Waals surface area contributed by atoms with Gasteiger partial charge in [-0.3, -0.25) is 9.59 Å². The molecule has 0 unspecified atom stereocenters. The van der Waals surface area contributed by atoms with Gasteiger partial charge in [0, 0.05) is 13.1 Å². The summed E-state index contributed by atoms with van der Waals surface area (Å²) in [7, 11) is 0. The molecule has 130 valence electrons. The van der Waals surface area contributed by atoms with Crippen molar-refractivity contribution in [1.29, 1.82) is 0 Å². The van der Waals surface area contributed by atoms with Crippen LogP contribution in [-0.2, 0) is 9.53 Å². The van der Waals surface area contributed by atoms with Crippen molar-refractivity contribution in [3.63, 3.8) is 0 Å². The fraction of sp³-hybridized carbons (Fsp3) is 0.222. The van der Waals surface area contributed by atoms with E-state index in [0.29, 0.717) is 31.0 Å². The second kappa shape index (κ2) is 8.13. The van der Waals surface area contributed by atoms with Gasteiger partial charge in [0.25, 0.3) is 11.8 Å². The topological polar surface area (TPSA) is 71.8 Å². The molecule has 0 radical (unpaired) electrons. The van der Waals surface area contributed by atoms with Crippen LogP contribution in [0.5, 0.6) is 0 Å². The highest BCUT2D eigenvalue weighted by molar-refractivity contribution is 9.10. The van der Waals surface area contributed by atoms with Crippen molar-refractivity contribution in [2.24, 2.45) is 0 Å². The fourth-order valence-electron chi connectivity index (χ4n) is 2.42. The minimum absolute atomic E-state index is 0.126. The first kappa shape index (κ1) is 17.4. The maximum atomic E-state index is 12.8. The molecule has 25 heavy (non-hydrogen) atoms. The van der Waals surface area contributed by atoms with Gasteiger partial charge in [-0.1, -0.05) is 30.3 Å². The number of amides is 2. The van der Waals surface area contributed by atoms with Gasteiger partial charge in [-0.15, -0.1) is 0 Å². The molecule has 1 saturated heterocycles. The Bertz CT molecular complexity index is 779. The summed E-state index contributed by atoms with van der Waals surface area (Å²) in [6, 6.07) is 12.5. The maximum absolute atomic E-state index is 12.8. The summed E-state index contributed by atoms with van der Waals surface area (Å²) >= 11 is 3.16. The van der Waals surface area contributed by atoms with E-state index in [-0.39, 0.29) is 17.4 Å². The molecule has 1 fully saturated rings. The number of nitrogens with one attached hydrogen (secondary N) is 1. The van der Waals surface area contributed by atoms with E-state index >= 15 is 0 Å². The fourth-order valence-corrected chi connectivity index (χ4v) is 2.73. The van der Waals surface area contributed by atoms with Gasteiger partial charge < -0.3 is 19.4 Å². The highest BCUT2D eigenvalue weighted by Crippen LogP contribution is 2.15. The number of nitrogens with zero attached hydrogens (tertiary/aromatic N) is 1. The van der Waals surface area contributed by atoms with Gasteiger partial charge in [-0.05, 0) is 39.7 Å². The number of benzene rings is 1. The Kier molecular flexibility index (Phi) is 5.67. The Morgan fingerprint density at radius 2 is 1.80 bits per heavy atom. The molecule has 1 aromatic heterocycles. The molecule has 6 nitrogen and oxygen atoms in total. The van der Waals surface area contributed by atoms with Crippen molar-refractivity contribution in [3.05, 3.63) is 64.2 Å². The second-order valence-electron chi connectivity index (χ2n) is 5.43. The molecular weight excluding hydrogens is 388 g/mol. The van der Waals surface area contributed by atoms with Crippen molar-refractivity contribution in [2.75, 3.05) is 26.3 Å². The number of morpholine rings is 1. The van der Waals surface area contributed by atoms with Crippen LogP contribution in [0.3, 0.4) is 0 Å². The molecule has 1 aromatic carbocycles. The van der Waals surface area contributed by atoms with Crippen molar-refractivity contribution in [1.82, 2.24) is 10.2 Å². The second-order valence-corrected chi connectivity index (χ2v) is 6.21. The van der Waals surface area contributed by atoms with Gasteiger partial charge in [0.1, 0.15) is 5.70 Å². The first-order valence-electron chi connectivity index (χ1n) is 7.84. The maximum Gasteiger partial charge on any atom is 0.291 e. The molecule has 2 heterocycles. The summed E-state index contributed by atoms with van der Waals surface area (Å²) < 4.78 is 11.0. The molecule has 2 amide bonds. The predicted molar refractivity (Wildman–Crippen MR) is 95.7 cm³/mol. The monoisotopic (exact) mass is 404 g/mol. The van der Waals surface area contributed by atoms with E-state index in [1.54, 1.807) is 23.1 Å². The summed E-state index contributed by atoms with van der Waals surface area (Å²) in [6.07, 6.45) is 1.66. The molecule has 0 bridgehead atoms. The molecule has 1 N–H and O–H groups in total. The molecular formula is C18H17BrN2O4. The lowest BCUT2D eigenvalue weighted by atomic mass is 10.1. The van der Waals surface area contributed by atoms with Gasteiger partial charge >= 0.3 is 0 Å². The lowest BCUT2D eigenvalue weighted by Crippen LogP contribution is -2.44. The lowest BCUT2D eigenvalue weighted by Gasteiger charge is -2.27. The Balaban J connectivity index is 1.84. The summed E-state index contributed by atoms with van der Waals surface area (Å²) in [5, 5.41) is 2.67. The molecule has 1 aliphatic rings. The minimum Gasteiger partial charge on any atom is -0.444 e. The standard InChI is InChI=1S/C18H17BrN2O4/c19-16-7-6-15(25-16)17(22)20-14(12-13-4-2-1-3-5-13)18(23)21-8-10-24-11-9-21/h1-7,12H,8-11H2,(H,20,22)/b14-12+. The molecule has 7 heteroatoms. The van der Waals surface area contributed by atoms with E-state index in [4.69, 9.17) is 9.15 Å². The Morgan fingerprint density at radius 3 is 2.44 bits per heavy atom. The van der Waals surface area contributed by atoms with E-state index in [1.807, 2.05) is 30.3 Å². The summed E-state index contributed by atoms with van der Waals surface area (Å²) in [5.74, 6) is -0.596. The highest BCUT2D eigenvalue weighted by atomic mass is 79.9. The first-order valence-corrected chi connectivity index (χ1v) is 8.63. The third-order valence-corrected chi connectivity index (χ3v) is 4.11. The predicted octanol–water partition coefficient (Wildman–Crippen LogP) is 2.67. The van der Waals surface area contributed by atoms with Crippen LogP contribution >= 0.6 is 15.9 Å². The largest absolute Gasteiger partial charge is 0.444 e. The Labute approximate surface area is 153 Å². The zero-order valence-electron chi connectivity index (χ0n) is 13.4. The third kappa shape index (κ3) is 4.58. The number of halogens is 1. The number of ether oxygens (including phenoxy) is 1. The number of hydrogen-bond donors (Lipinski definition) is 1. The zero-order valence-corrected chi connectivity index (χ0v) is 15.0. The van der Waals surface area contributed by atoms with Crippen LogP contribution in [0.1, 0.15) is 16.1 Å². The van der Waals surface area contributed by atoms with Gasteiger partial charge in [-0.25, -0.2) is 0 Å². The van der Waals surface area contributed by atoms with Crippen LogP contribution in [0.2, 0.25) is 0 Å². The van der Waals surface area contributed by atoms with Crippen LogP contribution < -0.4 is 5.32 Å². The third-order valence-electron chi connectivity index (χ3n) is 3.68. The molecule has 2 aromatic rings. The summed E-state index contributed by atoms with van der Waals surface area (Å²) in [4.78, 5) is 26.9. The smallest absolute Gasteiger partial charge is 0.291 e. The molecule has 0 spiro atoms. The minimum atomic E-state index is -0.477. The van der Waals surface area contributed by atoms with E-state index in [2.05, 4.69) is 21.2 Å². The van der Waals surface area contributed by atoms with Crippen LogP contribution in [-0.4, -0.2) is 43.0 Å². The van der Waals surface area contributed by atoms with Crippen molar-refractivity contribution >= 4 is 33.8 Å². The average Bonchev–Trinajstić information content (AvgIpc) is 3.09. The summed E-state index contributed by atoms with van der Waals surface area (Å²) in [5.41, 5.74) is 1.02.